The molecule has 0 aliphatic heterocycles. The van der Waals surface area contributed by atoms with Gasteiger partial charge in [-0.25, -0.2) is 4.98 Å². The number of methoxy groups -OCH3 is 1. The molecule has 1 heterocycles. The zero-order valence-corrected chi connectivity index (χ0v) is 15.3. The van der Waals surface area contributed by atoms with E-state index in [9.17, 15) is 4.79 Å². The van der Waals surface area contributed by atoms with E-state index in [1.165, 1.54) is 0 Å². The standard InChI is InChI=1S/C19H28N4O2/c1-4-17(22-15-8-6-9-16(14-15)25-3)19(24)21-10-7-12-23-13-11-20-18(23)5-2/h6,8-9,11,13-14,17,22H,4-5,7,10,12H2,1-3H3,(H,21,24)/t17-/m0/s1. The number of carbonyl (C=O) groups excluding carboxylic acids is 1. The lowest BCUT2D eigenvalue weighted by Gasteiger charge is -2.18. The molecule has 2 N–H and O–H groups in total. The van der Waals surface area contributed by atoms with Gasteiger partial charge in [-0.1, -0.05) is 19.9 Å². The van der Waals surface area contributed by atoms with E-state index in [4.69, 9.17) is 4.74 Å². The minimum atomic E-state index is -0.258. The van der Waals surface area contributed by atoms with Crippen molar-refractivity contribution in [2.75, 3.05) is 19.0 Å². The van der Waals surface area contributed by atoms with Crippen LogP contribution in [0.5, 0.6) is 5.75 Å². The number of aromatic nitrogens is 2. The SMILES string of the molecule is CCc1nccn1CCCNC(=O)[C@H](CC)Nc1cccc(OC)c1. The average molecular weight is 344 g/mol. The lowest BCUT2D eigenvalue weighted by atomic mass is 10.2. The summed E-state index contributed by atoms with van der Waals surface area (Å²) >= 11 is 0. The van der Waals surface area contributed by atoms with Crippen molar-refractivity contribution in [3.8, 4) is 5.75 Å². The largest absolute Gasteiger partial charge is 0.497 e. The first kappa shape index (κ1) is 18.8. The summed E-state index contributed by atoms with van der Waals surface area (Å²) in [5.41, 5.74) is 0.882. The van der Waals surface area contributed by atoms with Crippen LogP contribution < -0.4 is 15.4 Å². The number of hydrogen-bond donors (Lipinski definition) is 2. The van der Waals surface area contributed by atoms with Gasteiger partial charge in [0.15, 0.2) is 0 Å². The Bertz CT molecular complexity index is 669. The second-order valence-corrected chi connectivity index (χ2v) is 5.87. The molecule has 1 aromatic carbocycles. The van der Waals surface area contributed by atoms with Gasteiger partial charge in [0.05, 0.1) is 7.11 Å². The van der Waals surface area contributed by atoms with Crippen LogP contribution in [0.1, 0.15) is 32.5 Å². The first-order valence-corrected chi connectivity index (χ1v) is 8.86. The van der Waals surface area contributed by atoms with Gasteiger partial charge in [-0.3, -0.25) is 4.79 Å². The zero-order chi connectivity index (χ0) is 18.1. The normalized spacial score (nSPS) is 11.8. The highest BCUT2D eigenvalue weighted by molar-refractivity contribution is 5.84. The summed E-state index contributed by atoms with van der Waals surface area (Å²) in [4.78, 5) is 16.7. The summed E-state index contributed by atoms with van der Waals surface area (Å²) in [5, 5.41) is 6.28. The molecule has 0 spiro atoms. The Morgan fingerprint density at radius 2 is 2.20 bits per heavy atom. The lowest BCUT2D eigenvalue weighted by molar-refractivity contribution is -0.121. The molecule has 0 fully saturated rings. The van der Waals surface area contributed by atoms with Gasteiger partial charge in [0.2, 0.25) is 5.91 Å². The molecule has 1 atom stereocenters. The van der Waals surface area contributed by atoms with Gasteiger partial charge in [0.1, 0.15) is 17.6 Å². The monoisotopic (exact) mass is 344 g/mol. The Hall–Kier alpha value is -2.50. The van der Waals surface area contributed by atoms with Gasteiger partial charge in [-0.05, 0) is 25.0 Å². The molecule has 0 bridgehead atoms. The van der Waals surface area contributed by atoms with Crippen molar-refractivity contribution in [2.45, 2.75) is 45.7 Å². The fraction of sp³-hybridized carbons (Fsp3) is 0.474. The summed E-state index contributed by atoms with van der Waals surface area (Å²) in [6.45, 7) is 5.60. The van der Waals surface area contributed by atoms with Crippen LogP contribution in [-0.2, 0) is 17.8 Å². The van der Waals surface area contributed by atoms with E-state index in [-0.39, 0.29) is 11.9 Å². The van der Waals surface area contributed by atoms with Gasteiger partial charge in [0.25, 0.3) is 0 Å². The Labute approximate surface area is 149 Å². The average Bonchev–Trinajstić information content (AvgIpc) is 3.10. The molecule has 0 unspecified atom stereocenters. The number of imidazole rings is 1. The van der Waals surface area contributed by atoms with E-state index in [1.807, 2.05) is 43.6 Å². The second-order valence-electron chi connectivity index (χ2n) is 5.87. The summed E-state index contributed by atoms with van der Waals surface area (Å²) < 4.78 is 7.35. The van der Waals surface area contributed by atoms with Crippen molar-refractivity contribution in [3.63, 3.8) is 0 Å². The maximum Gasteiger partial charge on any atom is 0.242 e. The number of hydrogen-bond acceptors (Lipinski definition) is 4. The van der Waals surface area contributed by atoms with Crippen molar-refractivity contribution in [2.24, 2.45) is 0 Å². The number of ether oxygens (including phenoxy) is 1. The van der Waals surface area contributed by atoms with Crippen molar-refractivity contribution < 1.29 is 9.53 Å². The number of nitrogens with zero attached hydrogens (tertiary/aromatic N) is 2. The molecule has 1 aromatic heterocycles. The van der Waals surface area contributed by atoms with Crippen molar-refractivity contribution in [3.05, 3.63) is 42.5 Å². The summed E-state index contributed by atoms with van der Waals surface area (Å²) in [7, 11) is 1.63. The molecule has 0 aliphatic rings. The fourth-order valence-electron chi connectivity index (χ4n) is 2.71. The minimum absolute atomic E-state index is 0.0201. The van der Waals surface area contributed by atoms with Crippen LogP contribution in [0.4, 0.5) is 5.69 Å². The van der Waals surface area contributed by atoms with Crippen LogP contribution >= 0.6 is 0 Å². The Balaban J connectivity index is 1.79. The Morgan fingerprint density at radius 3 is 2.92 bits per heavy atom. The topological polar surface area (TPSA) is 68.2 Å². The number of anilines is 1. The molecule has 1 amide bonds. The minimum Gasteiger partial charge on any atom is -0.497 e. The van der Waals surface area contributed by atoms with Gasteiger partial charge in [-0.2, -0.15) is 0 Å². The number of amides is 1. The van der Waals surface area contributed by atoms with E-state index >= 15 is 0 Å². The summed E-state index contributed by atoms with van der Waals surface area (Å²) in [5.74, 6) is 1.87. The molecular weight excluding hydrogens is 316 g/mol. The van der Waals surface area contributed by atoms with Crippen LogP contribution in [0.2, 0.25) is 0 Å². The third-order valence-electron chi connectivity index (χ3n) is 4.13. The third-order valence-corrected chi connectivity index (χ3v) is 4.13. The van der Waals surface area contributed by atoms with Crippen LogP contribution in [0.15, 0.2) is 36.7 Å². The van der Waals surface area contributed by atoms with E-state index in [1.54, 1.807) is 7.11 Å². The number of carbonyl (C=O) groups is 1. The van der Waals surface area contributed by atoms with E-state index in [2.05, 4.69) is 27.1 Å². The molecular formula is C19H28N4O2. The van der Waals surface area contributed by atoms with Crippen LogP contribution in [0, 0.1) is 0 Å². The zero-order valence-electron chi connectivity index (χ0n) is 15.3. The Kier molecular flexibility index (Phi) is 7.32. The third kappa shape index (κ3) is 5.52. The van der Waals surface area contributed by atoms with Gasteiger partial charge in [0, 0.05) is 43.7 Å². The molecule has 2 aromatic rings. The maximum atomic E-state index is 12.4. The first-order valence-electron chi connectivity index (χ1n) is 8.86. The molecule has 0 aliphatic carbocycles. The van der Waals surface area contributed by atoms with Gasteiger partial charge >= 0.3 is 0 Å². The van der Waals surface area contributed by atoms with Crippen LogP contribution in [0.25, 0.3) is 0 Å². The molecule has 0 saturated heterocycles. The molecule has 6 heteroatoms. The molecule has 2 rings (SSSR count). The van der Waals surface area contributed by atoms with E-state index < -0.39 is 0 Å². The highest BCUT2D eigenvalue weighted by atomic mass is 16.5. The first-order chi connectivity index (χ1) is 12.2. The summed E-state index contributed by atoms with van der Waals surface area (Å²) in [6.07, 6.45) is 6.32. The molecule has 0 radical (unpaired) electrons. The molecule has 0 saturated carbocycles. The van der Waals surface area contributed by atoms with Crippen molar-refractivity contribution >= 4 is 11.6 Å². The lowest BCUT2D eigenvalue weighted by Crippen LogP contribution is -2.39. The second kappa shape index (κ2) is 9.71. The van der Waals surface area contributed by atoms with Crippen LogP contribution in [-0.4, -0.2) is 35.2 Å². The predicted molar refractivity (Wildman–Crippen MR) is 99.9 cm³/mol. The van der Waals surface area contributed by atoms with Crippen LogP contribution in [0.3, 0.4) is 0 Å². The number of aryl methyl sites for hydroxylation is 2. The van der Waals surface area contributed by atoms with E-state index in [0.717, 1.165) is 36.6 Å². The molecule has 136 valence electrons. The smallest absolute Gasteiger partial charge is 0.242 e. The highest BCUT2D eigenvalue weighted by Gasteiger charge is 2.15. The molecule has 25 heavy (non-hydrogen) atoms. The number of nitrogens with one attached hydrogen (secondary N) is 2. The molecule has 6 nitrogen and oxygen atoms in total. The number of benzene rings is 1. The quantitative estimate of drug-likeness (QED) is 0.650. The van der Waals surface area contributed by atoms with Gasteiger partial charge < -0.3 is 19.9 Å². The fourth-order valence-corrected chi connectivity index (χ4v) is 2.71. The number of rotatable bonds is 10. The highest BCUT2D eigenvalue weighted by Crippen LogP contribution is 2.18. The Morgan fingerprint density at radius 1 is 1.36 bits per heavy atom. The van der Waals surface area contributed by atoms with Crippen molar-refractivity contribution in [1.82, 2.24) is 14.9 Å². The van der Waals surface area contributed by atoms with Crippen molar-refractivity contribution in [1.29, 1.82) is 0 Å². The van der Waals surface area contributed by atoms with Gasteiger partial charge in [-0.15, -0.1) is 0 Å². The summed E-state index contributed by atoms with van der Waals surface area (Å²) in [6, 6.07) is 7.35. The maximum absolute atomic E-state index is 12.4. The predicted octanol–water partition coefficient (Wildman–Crippen LogP) is 2.85. The van der Waals surface area contributed by atoms with E-state index in [0.29, 0.717) is 13.0 Å².